The monoisotopic (exact) mass is 637 g/mol. The molecule has 0 fully saturated rings. The van der Waals surface area contributed by atoms with Crippen molar-refractivity contribution >= 4 is 23.2 Å². The zero-order valence-electron chi connectivity index (χ0n) is 21.9. The molecule has 0 radical (unpaired) electrons. The van der Waals surface area contributed by atoms with Crippen LogP contribution in [0.3, 0.4) is 0 Å². The highest BCUT2D eigenvalue weighted by Crippen LogP contribution is 2.45. The maximum absolute atomic E-state index is 13.6. The topological polar surface area (TPSA) is 96.4 Å². The molecule has 0 unspecified atom stereocenters. The number of rotatable bonds is 4. The van der Waals surface area contributed by atoms with E-state index in [1.807, 2.05) is 31.2 Å². The predicted molar refractivity (Wildman–Crippen MR) is 145 cm³/mol. The van der Waals surface area contributed by atoms with Gasteiger partial charge in [-0.3, -0.25) is 0 Å². The van der Waals surface area contributed by atoms with Crippen LogP contribution in [0, 0.1) is 13.8 Å². The van der Waals surface area contributed by atoms with Gasteiger partial charge in [0.2, 0.25) is 0 Å². The van der Waals surface area contributed by atoms with Gasteiger partial charge >= 0.3 is 24.0 Å². The first kappa shape index (κ1) is 29.9. The Morgan fingerprint density at radius 2 is 1.56 bits per heavy atom. The second-order valence-electron chi connectivity index (χ2n) is 9.17. The first-order valence-electron chi connectivity index (χ1n) is 12.1. The van der Waals surface area contributed by atoms with Crippen molar-refractivity contribution in [1.82, 2.24) is 14.8 Å². The summed E-state index contributed by atoms with van der Waals surface area (Å²) in [6.45, 7) is 3.52. The molecule has 5 aromatic rings. The van der Waals surface area contributed by atoms with Crippen molar-refractivity contribution in [2.45, 2.75) is 26.3 Å². The fourth-order valence-corrected chi connectivity index (χ4v) is 4.71. The normalized spacial score (nSPS) is 13.4. The molecule has 0 N–H and O–H groups in total. The van der Waals surface area contributed by atoms with Gasteiger partial charge in [0.05, 0.1) is 5.69 Å². The van der Waals surface area contributed by atoms with Gasteiger partial charge in [0.15, 0.2) is 28.8 Å². The van der Waals surface area contributed by atoms with Gasteiger partial charge < -0.3 is 13.9 Å². The van der Waals surface area contributed by atoms with Gasteiger partial charge in [-0.1, -0.05) is 47.5 Å². The second kappa shape index (κ2) is 11.3. The van der Waals surface area contributed by atoms with E-state index in [1.54, 1.807) is 25.1 Å². The zero-order chi connectivity index (χ0) is 31.1. The van der Waals surface area contributed by atoms with Crippen molar-refractivity contribution in [3.8, 4) is 50.9 Å². The molecule has 0 saturated heterocycles. The van der Waals surface area contributed by atoms with Crippen molar-refractivity contribution in [3.05, 3.63) is 89.0 Å². The lowest BCUT2D eigenvalue weighted by Gasteiger charge is -2.13. The first-order valence-corrected chi connectivity index (χ1v) is 13.2. The Hall–Kier alpha value is -4.56. The number of ether oxygens (including phenoxy) is 2. The van der Waals surface area contributed by atoms with Crippen molar-refractivity contribution < 1.29 is 44.3 Å². The van der Waals surface area contributed by atoms with Crippen LogP contribution >= 0.6 is 11.6 Å². The third-order valence-corrected chi connectivity index (χ3v) is 6.46. The third-order valence-electron chi connectivity index (χ3n) is 6.19. The molecule has 6 rings (SSSR count). The summed E-state index contributed by atoms with van der Waals surface area (Å²) in [5, 5.41) is 3.43. The molecular weight excluding hydrogens is 621 g/mol. The molecule has 0 amide bonds. The lowest BCUT2D eigenvalue weighted by atomic mass is 9.97. The molecule has 1 aliphatic heterocycles. The van der Waals surface area contributed by atoms with Crippen LogP contribution in [-0.2, 0) is 17.7 Å². The molecule has 0 spiro atoms. The minimum atomic E-state index is -4.72. The van der Waals surface area contributed by atoms with E-state index in [0.717, 1.165) is 27.4 Å². The number of fused-ring (bicyclic) bond motifs is 1. The number of halogens is 6. The summed E-state index contributed by atoms with van der Waals surface area (Å²) in [7, 11) is 0. The number of aromatic nitrogens is 3. The van der Waals surface area contributed by atoms with Crippen LogP contribution in [0.15, 0.2) is 71.1 Å². The van der Waals surface area contributed by atoms with Crippen LogP contribution in [-0.4, -0.2) is 29.5 Å². The summed E-state index contributed by atoms with van der Waals surface area (Å²) >= 11 is 5.48. The minimum Gasteiger partial charge on any atom is -0.440 e. The average molecular weight is 638 g/mol. The molecule has 8 nitrogen and oxygen atoms in total. The number of alkyl halides is 5. The molecule has 0 bridgehead atoms. The molecule has 15 heteroatoms. The van der Waals surface area contributed by atoms with Crippen LogP contribution in [0.1, 0.15) is 17.1 Å². The average Bonchev–Trinajstić information content (AvgIpc) is 3.61. The van der Waals surface area contributed by atoms with Crippen molar-refractivity contribution in [2.24, 2.45) is 0 Å². The summed E-state index contributed by atoms with van der Waals surface area (Å²) in [5.41, 5.74) is 2.49. The van der Waals surface area contributed by atoms with E-state index in [-0.39, 0.29) is 39.7 Å². The van der Waals surface area contributed by atoms with Crippen molar-refractivity contribution in [3.63, 3.8) is 0 Å². The molecule has 43 heavy (non-hydrogen) atoms. The largest absolute Gasteiger partial charge is 0.586 e. The third kappa shape index (κ3) is 6.15. The summed E-state index contributed by atoms with van der Waals surface area (Å²) in [6.07, 6.45) is -8.54. The Balaban J connectivity index is 0.00000118. The Bertz CT molecular complexity index is 1880. The molecule has 0 atom stereocenters. The SMILES string of the molecule is Cc1cccc(-c2ccc(-n3nc(C(F)(F)F)cc3Cl)c(-c3oc(C)nc3-c3ccc4c(c3)OC(F)(F)O4)c2)c1.O=S=O. The van der Waals surface area contributed by atoms with Gasteiger partial charge in [0.1, 0.15) is 10.8 Å². The molecule has 1 aliphatic rings. The Morgan fingerprint density at radius 3 is 2.23 bits per heavy atom. The molecule has 0 aliphatic carbocycles. The first-order chi connectivity index (χ1) is 20.3. The Morgan fingerprint density at radius 1 is 0.884 bits per heavy atom. The summed E-state index contributed by atoms with van der Waals surface area (Å²) in [6, 6.07) is 17.5. The van der Waals surface area contributed by atoms with E-state index in [4.69, 9.17) is 24.4 Å². The molecule has 3 heterocycles. The number of benzene rings is 3. The van der Waals surface area contributed by atoms with Crippen LogP contribution in [0.2, 0.25) is 5.15 Å². The second-order valence-corrected chi connectivity index (χ2v) is 9.69. The quantitative estimate of drug-likeness (QED) is 0.186. The van der Waals surface area contributed by atoms with Gasteiger partial charge in [-0.25, -0.2) is 9.67 Å². The highest BCUT2D eigenvalue weighted by molar-refractivity contribution is 7.51. The summed E-state index contributed by atoms with van der Waals surface area (Å²) < 4.78 is 100. The summed E-state index contributed by atoms with van der Waals surface area (Å²) in [5.74, 6) is 0.0311. The maximum atomic E-state index is 13.6. The van der Waals surface area contributed by atoms with E-state index in [0.29, 0.717) is 11.1 Å². The van der Waals surface area contributed by atoms with Crippen LogP contribution in [0.4, 0.5) is 22.0 Å². The van der Waals surface area contributed by atoms with E-state index < -0.39 is 29.7 Å². The minimum absolute atomic E-state index is 0.152. The maximum Gasteiger partial charge on any atom is 0.586 e. The number of oxazole rings is 1. The molecule has 3 aromatic carbocycles. The number of hydrogen-bond donors (Lipinski definition) is 0. The van der Waals surface area contributed by atoms with E-state index in [2.05, 4.69) is 19.6 Å². The fraction of sp³-hybridized carbons (Fsp3) is 0.143. The van der Waals surface area contributed by atoms with Gasteiger partial charge in [-0.2, -0.15) is 26.7 Å². The van der Waals surface area contributed by atoms with Crippen molar-refractivity contribution in [2.75, 3.05) is 0 Å². The van der Waals surface area contributed by atoms with Crippen LogP contribution in [0.5, 0.6) is 11.5 Å². The highest BCUT2D eigenvalue weighted by atomic mass is 35.5. The zero-order valence-corrected chi connectivity index (χ0v) is 23.5. The molecule has 222 valence electrons. The number of aryl methyl sites for hydroxylation is 2. The van der Waals surface area contributed by atoms with Gasteiger partial charge in [-0.15, -0.1) is 8.78 Å². The Kier molecular flexibility index (Phi) is 7.84. The standard InChI is InChI=1S/C28H17ClF5N3O3.O2S/c1-14-4-3-5-16(10-14)17-6-8-20(37-24(29)13-23(36-37)27(30,31)32)19(11-17)26-25(35-15(2)38-26)18-7-9-21-22(12-18)40-28(33,34)39-21;1-3-2/h3-13H,1-2H3;. The van der Waals surface area contributed by atoms with Crippen LogP contribution in [0.25, 0.3) is 39.4 Å². The predicted octanol–water partition coefficient (Wildman–Crippen LogP) is 7.80. The molecule has 0 saturated carbocycles. The van der Waals surface area contributed by atoms with E-state index >= 15 is 0 Å². The van der Waals surface area contributed by atoms with Crippen molar-refractivity contribution in [1.29, 1.82) is 0 Å². The summed E-state index contributed by atoms with van der Waals surface area (Å²) in [4.78, 5) is 4.44. The smallest absolute Gasteiger partial charge is 0.440 e. The lowest BCUT2D eigenvalue weighted by Crippen LogP contribution is -2.25. The van der Waals surface area contributed by atoms with Gasteiger partial charge in [0.25, 0.3) is 0 Å². The van der Waals surface area contributed by atoms with E-state index in [1.165, 1.54) is 18.2 Å². The number of hydrogen-bond acceptors (Lipinski definition) is 7. The fourth-order valence-electron chi connectivity index (χ4n) is 4.47. The number of nitrogens with zero attached hydrogens (tertiary/aromatic N) is 3. The lowest BCUT2D eigenvalue weighted by molar-refractivity contribution is -0.286. The van der Waals surface area contributed by atoms with E-state index in [9.17, 15) is 22.0 Å². The molecule has 2 aromatic heterocycles. The molecular formula is C28H17ClF5N3O5S. The van der Waals surface area contributed by atoms with Gasteiger partial charge in [-0.05, 0) is 48.4 Å². The van der Waals surface area contributed by atoms with Crippen LogP contribution < -0.4 is 9.47 Å². The Labute approximate surface area is 248 Å². The van der Waals surface area contributed by atoms with Gasteiger partial charge in [0, 0.05) is 24.1 Å². The highest BCUT2D eigenvalue weighted by Gasteiger charge is 2.43.